The number of sulfone groups is 1. The molecule has 0 aliphatic rings. The van der Waals surface area contributed by atoms with E-state index in [0.717, 1.165) is 17.8 Å². The number of aryl methyl sites for hydroxylation is 2. The van der Waals surface area contributed by atoms with Crippen molar-refractivity contribution in [3.63, 3.8) is 0 Å². The van der Waals surface area contributed by atoms with Crippen molar-refractivity contribution in [3.8, 4) is 0 Å². The van der Waals surface area contributed by atoms with Crippen LogP contribution in [0.15, 0.2) is 6.07 Å². The molecule has 0 amide bonds. The molecule has 98 valence electrons. The van der Waals surface area contributed by atoms with E-state index in [2.05, 4.69) is 10.4 Å². The lowest BCUT2D eigenvalue weighted by molar-refractivity contribution is 0.499. The first-order chi connectivity index (χ1) is 7.83. The minimum absolute atomic E-state index is 0.156. The molecule has 0 spiro atoms. The Kier molecular flexibility index (Phi) is 4.70. The van der Waals surface area contributed by atoms with Crippen LogP contribution >= 0.6 is 0 Å². The molecule has 1 atom stereocenters. The van der Waals surface area contributed by atoms with Crippen molar-refractivity contribution in [1.29, 1.82) is 0 Å². The fourth-order valence-electron chi connectivity index (χ4n) is 1.95. The Morgan fingerprint density at radius 2 is 2.18 bits per heavy atom. The van der Waals surface area contributed by atoms with E-state index in [1.54, 1.807) is 0 Å². The van der Waals surface area contributed by atoms with Crippen LogP contribution in [-0.4, -0.2) is 37.3 Å². The summed E-state index contributed by atoms with van der Waals surface area (Å²) >= 11 is 0. The van der Waals surface area contributed by atoms with E-state index < -0.39 is 9.84 Å². The Balaban J connectivity index is 2.63. The maximum absolute atomic E-state index is 11.1. The minimum atomic E-state index is -2.87. The third-order valence-electron chi connectivity index (χ3n) is 2.75. The fraction of sp³-hybridized carbons (Fsp3) is 0.727. The Bertz CT molecular complexity index is 465. The van der Waals surface area contributed by atoms with Crippen LogP contribution in [0.3, 0.4) is 0 Å². The second-order valence-corrected chi connectivity index (χ2v) is 6.71. The van der Waals surface area contributed by atoms with Crippen LogP contribution in [0, 0.1) is 6.92 Å². The second kappa shape index (κ2) is 5.64. The van der Waals surface area contributed by atoms with Gasteiger partial charge in [0.25, 0.3) is 0 Å². The van der Waals surface area contributed by atoms with Crippen molar-refractivity contribution in [2.45, 2.75) is 25.8 Å². The Labute approximate surface area is 103 Å². The van der Waals surface area contributed by atoms with Gasteiger partial charge in [-0.25, -0.2) is 8.42 Å². The van der Waals surface area contributed by atoms with Crippen molar-refractivity contribution in [3.05, 3.63) is 17.5 Å². The molecule has 0 bridgehead atoms. The summed E-state index contributed by atoms with van der Waals surface area (Å²) in [4.78, 5) is 0. The monoisotopic (exact) mass is 259 g/mol. The summed E-state index contributed by atoms with van der Waals surface area (Å²) < 4.78 is 24.0. The molecule has 0 radical (unpaired) electrons. The predicted molar refractivity (Wildman–Crippen MR) is 68.7 cm³/mol. The van der Waals surface area contributed by atoms with E-state index in [-0.39, 0.29) is 11.8 Å². The van der Waals surface area contributed by atoms with Gasteiger partial charge in [0.05, 0.1) is 11.4 Å². The third-order valence-corrected chi connectivity index (χ3v) is 3.78. The van der Waals surface area contributed by atoms with Crippen LogP contribution < -0.4 is 5.32 Å². The molecule has 1 aromatic rings. The van der Waals surface area contributed by atoms with Gasteiger partial charge in [-0.15, -0.1) is 0 Å². The smallest absolute Gasteiger partial charge is 0.147 e. The Morgan fingerprint density at radius 3 is 2.59 bits per heavy atom. The predicted octanol–water partition coefficient (Wildman–Crippen LogP) is 0.814. The molecule has 0 saturated heterocycles. The van der Waals surface area contributed by atoms with E-state index in [4.69, 9.17) is 0 Å². The summed E-state index contributed by atoms with van der Waals surface area (Å²) in [5, 5.41) is 7.50. The normalized spacial score (nSPS) is 13.9. The largest absolute Gasteiger partial charge is 0.312 e. The molecule has 0 fully saturated rings. The van der Waals surface area contributed by atoms with Gasteiger partial charge in [0.1, 0.15) is 9.84 Å². The van der Waals surface area contributed by atoms with Crippen molar-refractivity contribution in [1.82, 2.24) is 15.1 Å². The first kappa shape index (κ1) is 14.2. The van der Waals surface area contributed by atoms with Gasteiger partial charge >= 0.3 is 0 Å². The quantitative estimate of drug-likeness (QED) is 0.821. The van der Waals surface area contributed by atoms with E-state index >= 15 is 0 Å². The Morgan fingerprint density at radius 1 is 1.53 bits per heavy atom. The van der Waals surface area contributed by atoms with Crippen molar-refractivity contribution in [2.75, 3.05) is 19.1 Å². The topological polar surface area (TPSA) is 64.0 Å². The highest BCUT2D eigenvalue weighted by Gasteiger charge is 2.14. The van der Waals surface area contributed by atoms with Crippen LogP contribution in [-0.2, 0) is 16.9 Å². The van der Waals surface area contributed by atoms with Gasteiger partial charge in [-0.2, -0.15) is 5.10 Å². The number of aromatic nitrogens is 2. The summed E-state index contributed by atoms with van der Waals surface area (Å²) in [6.45, 7) is 1.95. The molecule has 1 rings (SSSR count). The Hall–Kier alpha value is -0.880. The molecule has 0 aromatic carbocycles. The molecule has 1 heterocycles. The molecule has 5 nitrogen and oxygen atoms in total. The van der Waals surface area contributed by atoms with Gasteiger partial charge in [0.15, 0.2) is 0 Å². The molecule has 0 aliphatic heterocycles. The highest BCUT2D eigenvalue weighted by atomic mass is 32.2. The number of nitrogens with one attached hydrogen (secondary N) is 1. The SMILES string of the molecule is CNC(CCCS(C)(=O)=O)c1cc(C)nn1C. The number of nitrogens with zero attached hydrogens (tertiary/aromatic N) is 2. The zero-order valence-electron chi connectivity index (χ0n) is 10.9. The lowest BCUT2D eigenvalue weighted by Gasteiger charge is -2.15. The van der Waals surface area contributed by atoms with E-state index in [0.29, 0.717) is 6.42 Å². The first-order valence-electron chi connectivity index (χ1n) is 5.69. The number of hydrogen-bond donors (Lipinski definition) is 1. The second-order valence-electron chi connectivity index (χ2n) is 4.45. The molecule has 1 N–H and O–H groups in total. The molecule has 1 aromatic heterocycles. The molecule has 0 saturated carbocycles. The maximum atomic E-state index is 11.1. The third kappa shape index (κ3) is 4.47. The standard InChI is InChI=1S/C11H21N3O2S/c1-9-8-11(14(3)13-9)10(12-2)6-5-7-17(4,15)16/h8,10,12H,5-7H2,1-4H3. The summed E-state index contributed by atoms with van der Waals surface area (Å²) in [5.74, 6) is 0.238. The summed E-state index contributed by atoms with van der Waals surface area (Å²) in [6.07, 6.45) is 2.73. The van der Waals surface area contributed by atoms with Gasteiger partial charge in [0, 0.05) is 25.1 Å². The zero-order chi connectivity index (χ0) is 13.1. The van der Waals surface area contributed by atoms with Gasteiger partial charge in [0.2, 0.25) is 0 Å². The number of rotatable bonds is 6. The van der Waals surface area contributed by atoms with Crippen molar-refractivity contribution in [2.24, 2.45) is 7.05 Å². The average Bonchev–Trinajstić information content (AvgIpc) is 2.51. The lowest BCUT2D eigenvalue weighted by atomic mass is 10.1. The van der Waals surface area contributed by atoms with Crippen molar-refractivity contribution < 1.29 is 8.42 Å². The first-order valence-corrected chi connectivity index (χ1v) is 7.75. The van der Waals surface area contributed by atoms with Crippen LogP contribution in [0.5, 0.6) is 0 Å². The highest BCUT2D eigenvalue weighted by Crippen LogP contribution is 2.18. The molecule has 17 heavy (non-hydrogen) atoms. The molecule has 0 aliphatic carbocycles. The van der Waals surface area contributed by atoms with E-state index in [9.17, 15) is 8.42 Å². The average molecular weight is 259 g/mol. The fourth-order valence-corrected chi connectivity index (χ4v) is 2.64. The summed E-state index contributed by atoms with van der Waals surface area (Å²) in [7, 11) is 0.923. The molecule has 1 unspecified atom stereocenters. The summed E-state index contributed by atoms with van der Waals surface area (Å²) in [6, 6.07) is 2.18. The van der Waals surface area contributed by atoms with E-state index in [1.807, 2.05) is 31.8 Å². The van der Waals surface area contributed by atoms with Crippen LogP contribution in [0.25, 0.3) is 0 Å². The van der Waals surface area contributed by atoms with E-state index in [1.165, 1.54) is 6.26 Å². The molecular weight excluding hydrogens is 238 g/mol. The van der Waals surface area contributed by atoms with Gasteiger partial charge in [-0.1, -0.05) is 0 Å². The van der Waals surface area contributed by atoms with Gasteiger partial charge in [-0.3, -0.25) is 4.68 Å². The van der Waals surface area contributed by atoms with Gasteiger partial charge < -0.3 is 5.32 Å². The molecule has 6 heteroatoms. The zero-order valence-corrected chi connectivity index (χ0v) is 11.7. The molecular formula is C11H21N3O2S. The summed E-state index contributed by atoms with van der Waals surface area (Å²) in [5.41, 5.74) is 2.07. The number of hydrogen-bond acceptors (Lipinski definition) is 4. The maximum Gasteiger partial charge on any atom is 0.147 e. The van der Waals surface area contributed by atoms with Gasteiger partial charge in [-0.05, 0) is 32.9 Å². The minimum Gasteiger partial charge on any atom is -0.312 e. The lowest BCUT2D eigenvalue weighted by Crippen LogP contribution is -2.20. The van der Waals surface area contributed by atoms with Crippen LogP contribution in [0.1, 0.15) is 30.3 Å². The van der Waals surface area contributed by atoms with Crippen molar-refractivity contribution >= 4 is 9.84 Å². The highest BCUT2D eigenvalue weighted by molar-refractivity contribution is 7.90. The van der Waals surface area contributed by atoms with Crippen LogP contribution in [0.2, 0.25) is 0 Å². The van der Waals surface area contributed by atoms with Crippen LogP contribution in [0.4, 0.5) is 0 Å².